The van der Waals surface area contributed by atoms with E-state index >= 15 is 0 Å². The standard InChI is InChI=1S/C42H35N3.C2H6/c1-2-10-33(27-43)34(28-44)14-8-11-29-19-22-39-40-24-21-32-26-31(37-18-9-13-30-12-6-7-17-36(30)37)20-23-38(32)42(40)45(41(39)25-29)35-15-4-3-5-16-35;1-2/h2-10,12-28H,11,43-44H2,1H3;1-2H3/b10-2-,14-8-,33-27+,34-28+;. The molecule has 0 amide bonds. The number of hydrogen-bond acceptors (Lipinski definition) is 2. The monoisotopic (exact) mass is 611 g/mol. The summed E-state index contributed by atoms with van der Waals surface area (Å²) in [6.07, 6.45) is 12.1. The lowest BCUT2D eigenvalue weighted by atomic mass is 9.95. The van der Waals surface area contributed by atoms with Crippen molar-refractivity contribution in [2.45, 2.75) is 27.2 Å². The zero-order valence-corrected chi connectivity index (χ0v) is 27.3. The van der Waals surface area contributed by atoms with Crippen molar-refractivity contribution in [2.24, 2.45) is 11.5 Å². The highest BCUT2D eigenvalue weighted by molar-refractivity contribution is 6.19. The lowest BCUT2D eigenvalue weighted by Gasteiger charge is -2.12. The summed E-state index contributed by atoms with van der Waals surface area (Å²) < 4.78 is 2.42. The normalized spacial score (nSPS) is 12.5. The molecule has 0 spiro atoms. The molecule has 7 rings (SSSR count). The number of allylic oxidation sites excluding steroid dienone is 6. The SMILES string of the molecule is CC.C\C=C/C(=C\N)C(/C=C\Cc1ccc2c3ccc4cc(-c5cccc6ccccc56)ccc4c3n(-c3ccccc3)c2c1)=C/N. The highest BCUT2D eigenvalue weighted by Gasteiger charge is 2.16. The quantitative estimate of drug-likeness (QED) is 0.176. The number of hydrogen-bond donors (Lipinski definition) is 2. The molecule has 7 aromatic rings. The Hall–Kier alpha value is -5.80. The molecule has 3 nitrogen and oxygen atoms in total. The minimum Gasteiger partial charge on any atom is -0.404 e. The molecular formula is C44H41N3. The van der Waals surface area contributed by atoms with Gasteiger partial charge in [-0.05, 0) is 81.6 Å². The molecule has 47 heavy (non-hydrogen) atoms. The van der Waals surface area contributed by atoms with Crippen molar-refractivity contribution >= 4 is 43.4 Å². The van der Waals surface area contributed by atoms with Crippen molar-refractivity contribution in [2.75, 3.05) is 0 Å². The minimum absolute atomic E-state index is 0.770. The van der Waals surface area contributed by atoms with Crippen LogP contribution in [0, 0.1) is 0 Å². The van der Waals surface area contributed by atoms with Crippen LogP contribution in [0.1, 0.15) is 26.3 Å². The van der Waals surface area contributed by atoms with Crippen LogP contribution in [0.3, 0.4) is 0 Å². The van der Waals surface area contributed by atoms with E-state index in [9.17, 15) is 0 Å². The van der Waals surface area contributed by atoms with Gasteiger partial charge in [-0.3, -0.25) is 0 Å². The van der Waals surface area contributed by atoms with Gasteiger partial charge in [-0.1, -0.05) is 135 Å². The van der Waals surface area contributed by atoms with Crippen molar-refractivity contribution in [3.63, 3.8) is 0 Å². The fourth-order valence-electron chi connectivity index (χ4n) is 6.50. The lowest BCUT2D eigenvalue weighted by molar-refractivity contribution is 1.17. The van der Waals surface area contributed by atoms with Crippen molar-refractivity contribution in [1.29, 1.82) is 0 Å². The maximum atomic E-state index is 5.93. The summed E-state index contributed by atoms with van der Waals surface area (Å²) in [6.45, 7) is 5.97. The summed E-state index contributed by atoms with van der Waals surface area (Å²) in [5.41, 5.74) is 20.8. The van der Waals surface area contributed by atoms with Gasteiger partial charge in [-0.2, -0.15) is 0 Å². The first kappa shape index (κ1) is 31.2. The topological polar surface area (TPSA) is 57.0 Å². The first-order chi connectivity index (χ1) is 23.2. The summed E-state index contributed by atoms with van der Waals surface area (Å²) in [7, 11) is 0. The fraction of sp³-hybridized carbons (Fsp3) is 0.0909. The molecule has 0 radical (unpaired) electrons. The Morgan fingerprint density at radius 1 is 0.617 bits per heavy atom. The summed E-state index contributed by atoms with van der Waals surface area (Å²) in [4.78, 5) is 0. The van der Waals surface area contributed by atoms with Crippen molar-refractivity contribution in [3.05, 3.63) is 175 Å². The van der Waals surface area contributed by atoms with Gasteiger partial charge in [0.2, 0.25) is 0 Å². The molecule has 1 heterocycles. The number of fused-ring (bicyclic) bond motifs is 6. The van der Waals surface area contributed by atoms with E-state index in [1.807, 2.05) is 39.0 Å². The van der Waals surface area contributed by atoms with Crippen molar-refractivity contribution < 1.29 is 0 Å². The minimum atomic E-state index is 0.770. The summed E-state index contributed by atoms with van der Waals surface area (Å²) in [6, 6.07) is 44.1. The van der Waals surface area contributed by atoms with E-state index < -0.39 is 0 Å². The molecule has 0 unspecified atom stereocenters. The smallest absolute Gasteiger partial charge is 0.0619 e. The Kier molecular flexibility index (Phi) is 9.36. The zero-order valence-electron chi connectivity index (χ0n) is 27.3. The van der Waals surface area contributed by atoms with Gasteiger partial charge >= 0.3 is 0 Å². The molecule has 0 fully saturated rings. The second-order valence-corrected chi connectivity index (χ2v) is 11.3. The maximum Gasteiger partial charge on any atom is 0.0619 e. The van der Waals surface area contributed by atoms with Crippen LogP contribution in [0.2, 0.25) is 0 Å². The molecule has 0 bridgehead atoms. The molecule has 0 atom stereocenters. The highest BCUT2D eigenvalue weighted by atomic mass is 15.0. The molecule has 0 aliphatic heterocycles. The molecule has 0 aliphatic carbocycles. The fourth-order valence-corrected chi connectivity index (χ4v) is 6.50. The molecular weight excluding hydrogens is 571 g/mol. The van der Waals surface area contributed by atoms with Crippen LogP contribution in [0.5, 0.6) is 0 Å². The summed E-state index contributed by atoms with van der Waals surface area (Å²) >= 11 is 0. The third-order valence-electron chi connectivity index (χ3n) is 8.61. The average Bonchev–Trinajstić information content (AvgIpc) is 3.47. The number of rotatable bonds is 7. The van der Waals surface area contributed by atoms with Gasteiger partial charge in [0, 0.05) is 34.2 Å². The lowest BCUT2D eigenvalue weighted by Crippen LogP contribution is -1.95. The molecule has 3 heteroatoms. The number of benzene rings is 6. The second kappa shape index (κ2) is 14.1. The van der Waals surface area contributed by atoms with Crippen LogP contribution in [-0.2, 0) is 6.42 Å². The Morgan fingerprint density at radius 2 is 1.32 bits per heavy atom. The second-order valence-electron chi connectivity index (χ2n) is 11.3. The first-order valence-electron chi connectivity index (χ1n) is 16.4. The molecule has 0 saturated heterocycles. The van der Waals surface area contributed by atoms with Crippen LogP contribution < -0.4 is 11.5 Å². The first-order valence-corrected chi connectivity index (χ1v) is 16.4. The van der Waals surface area contributed by atoms with Crippen LogP contribution in [0.15, 0.2) is 169 Å². The van der Waals surface area contributed by atoms with E-state index in [4.69, 9.17) is 11.5 Å². The van der Waals surface area contributed by atoms with Gasteiger partial charge in [0.25, 0.3) is 0 Å². The Balaban J connectivity index is 0.00000190. The van der Waals surface area contributed by atoms with Crippen molar-refractivity contribution in [3.8, 4) is 16.8 Å². The van der Waals surface area contributed by atoms with Gasteiger partial charge in [-0.15, -0.1) is 0 Å². The van der Waals surface area contributed by atoms with Gasteiger partial charge in [-0.25, -0.2) is 0 Å². The van der Waals surface area contributed by atoms with E-state index in [1.165, 1.54) is 60.0 Å². The Labute approximate surface area is 277 Å². The maximum absolute atomic E-state index is 5.93. The molecule has 4 N–H and O–H groups in total. The van der Waals surface area contributed by atoms with Gasteiger partial charge < -0.3 is 16.0 Å². The Bertz CT molecular complexity index is 2310. The van der Waals surface area contributed by atoms with Crippen LogP contribution >= 0.6 is 0 Å². The van der Waals surface area contributed by atoms with Gasteiger partial charge in [0.05, 0.1) is 11.0 Å². The molecule has 232 valence electrons. The van der Waals surface area contributed by atoms with Crippen LogP contribution in [0.25, 0.3) is 60.2 Å². The predicted molar refractivity (Wildman–Crippen MR) is 205 cm³/mol. The third-order valence-corrected chi connectivity index (χ3v) is 8.61. The highest BCUT2D eigenvalue weighted by Crippen LogP contribution is 2.39. The average molecular weight is 612 g/mol. The molecule has 0 saturated carbocycles. The van der Waals surface area contributed by atoms with Gasteiger partial charge in [0.1, 0.15) is 0 Å². The van der Waals surface area contributed by atoms with E-state index in [-0.39, 0.29) is 0 Å². The third kappa shape index (κ3) is 5.96. The predicted octanol–water partition coefficient (Wildman–Crippen LogP) is 11.1. The van der Waals surface area contributed by atoms with Gasteiger partial charge in [0.15, 0.2) is 0 Å². The number of para-hydroxylation sites is 1. The van der Waals surface area contributed by atoms with Crippen LogP contribution in [-0.4, -0.2) is 4.57 Å². The largest absolute Gasteiger partial charge is 0.404 e. The summed E-state index contributed by atoms with van der Waals surface area (Å²) in [5.74, 6) is 0. The van der Waals surface area contributed by atoms with Crippen LogP contribution in [0.4, 0.5) is 0 Å². The molecule has 1 aromatic heterocycles. The summed E-state index contributed by atoms with van der Waals surface area (Å²) in [5, 5.41) is 7.48. The van der Waals surface area contributed by atoms with E-state index in [2.05, 4.69) is 132 Å². The van der Waals surface area contributed by atoms with E-state index in [0.29, 0.717) is 0 Å². The number of aromatic nitrogens is 1. The molecule has 0 aliphatic rings. The van der Waals surface area contributed by atoms with Crippen molar-refractivity contribution in [1.82, 2.24) is 4.57 Å². The van der Waals surface area contributed by atoms with E-state index in [0.717, 1.165) is 23.3 Å². The molecule has 6 aromatic carbocycles. The Morgan fingerprint density at radius 3 is 2.11 bits per heavy atom. The van der Waals surface area contributed by atoms with E-state index in [1.54, 1.807) is 12.4 Å². The number of nitrogens with two attached hydrogens (primary N) is 2. The number of nitrogens with zero attached hydrogens (tertiary/aromatic N) is 1. The zero-order chi connectivity index (χ0) is 32.8.